The number of nitrogens with one attached hydrogen (secondary N) is 1. The molecule has 3 rings (SSSR count). The van der Waals surface area contributed by atoms with Gasteiger partial charge in [-0.2, -0.15) is 0 Å². The lowest BCUT2D eigenvalue weighted by Gasteiger charge is -2.35. The van der Waals surface area contributed by atoms with Crippen molar-refractivity contribution in [3.8, 4) is 0 Å². The van der Waals surface area contributed by atoms with Crippen LogP contribution in [0.5, 0.6) is 0 Å². The second-order valence-electron chi connectivity index (χ2n) is 6.09. The summed E-state index contributed by atoms with van der Waals surface area (Å²) < 4.78 is 0. The maximum absolute atomic E-state index is 12.3. The van der Waals surface area contributed by atoms with Crippen molar-refractivity contribution < 1.29 is 9.59 Å². The van der Waals surface area contributed by atoms with Crippen molar-refractivity contribution in [3.05, 3.63) is 11.6 Å². The monoisotopic (exact) mass is 291 g/mol. The highest BCUT2D eigenvalue weighted by molar-refractivity contribution is 5.90. The second-order valence-corrected chi connectivity index (χ2v) is 6.09. The van der Waals surface area contributed by atoms with Gasteiger partial charge in [0.05, 0.1) is 0 Å². The summed E-state index contributed by atoms with van der Waals surface area (Å²) in [5, 5.41) is 6.88. The van der Waals surface area contributed by atoms with Crippen LogP contribution in [-0.4, -0.2) is 63.0 Å². The minimum Gasteiger partial charge on any atom is -0.339 e. The number of piperazine rings is 1. The number of H-pyrrole nitrogens is 1. The van der Waals surface area contributed by atoms with Gasteiger partial charge in [0.25, 0.3) is 5.91 Å². The Morgan fingerprint density at radius 1 is 1.14 bits per heavy atom. The highest BCUT2D eigenvalue weighted by Crippen LogP contribution is 2.37. The van der Waals surface area contributed by atoms with Crippen molar-refractivity contribution in [2.24, 2.45) is 5.92 Å². The lowest BCUT2D eigenvalue weighted by atomic mass is 10.1. The van der Waals surface area contributed by atoms with E-state index in [1.807, 2.05) is 18.7 Å². The van der Waals surface area contributed by atoms with Crippen LogP contribution >= 0.6 is 0 Å². The first-order valence-corrected chi connectivity index (χ1v) is 7.56. The maximum atomic E-state index is 12.3. The van der Waals surface area contributed by atoms with Crippen LogP contribution in [0.2, 0.25) is 0 Å². The van der Waals surface area contributed by atoms with Gasteiger partial charge in [-0.25, -0.2) is 4.98 Å². The fourth-order valence-electron chi connectivity index (χ4n) is 2.55. The standard InChI is InChI=1S/C14H21N5O2/c1-9(2)13(20)18-5-7-19(8-6-18)14(21)12-15-11(16-17-12)10-3-4-10/h9-10H,3-8H2,1-2H3,(H,15,16,17). The van der Waals surface area contributed by atoms with Gasteiger partial charge in [-0.15, -0.1) is 5.10 Å². The molecule has 7 nitrogen and oxygen atoms in total. The molecule has 0 bridgehead atoms. The number of nitrogens with zero attached hydrogens (tertiary/aromatic N) is 4. The third-order valence-electron chi connectivity index (χ3n) is 4.03. The number of aromatic nitrogens is 3. The van der Waals surface area contributed by atoms with Crippen molar-refractivity contribution in [3.63, 3.8) is 0 Å². The van der Waals surface area contributed by atoms with Gasteiger partial charge >= 0.3 is 0 Å². The Labute approximate surface area is 123 Å². The quantitative estimate of drug-likeness (QED) is 0.885. The minimum atomic E-state index is -0.144. The molecule has 1 saturated carbocycles. The van der Waals surface area contributed by atoms with E-state index >= 15 is 0 Å². The molecule has 0 atom stereocenters. The smallest absolute Gasteiger partial charge is 0.293 e. The van der Waals surface area contributed by atoms with Crippen molar-refractivity contribution in [1.82, 2.24) is 25.0 Å². The summed E-state index contributed by atoms with van der Waals surface area (Å²) in [5.41, 5.74) is 0. The Kier molecular flexibility index (Phi) is 3.65. The van der Waals surface area contributed by atoms with Gasteiger partial charge in [0, 0.05) is 38.0 Å². The molecule has 1 aliphatic carbocycles. The van der Waals surface area contributed by atoms with Crippen molar-refractivity contribution >= 4 is 11.8 Å². The van der Waals surface area contributed by atoms with Crippen LogP contribution < -0.4 is 0 Å². The van der Waals surface area contributed by atoms with Crippen LogP contribution in [-0.2, 0) is 4.79 Å². The zero-order valence-corrected chi connectivity index (χ0v) is 12.5. The van der Waals surface area contributed by atoms with E-state index in [0.717, 1.165) is 18.7 Å². The molecule has 1 aromatic rings. The highest BCUT2D eigenvalue weighted by Gasteiger charge is 2.31. The van der Waals surface area contributed by atoms with Gasteiger partial charge in [0.15, 0.2) is 0 Å². The molecule has 0 unspecified atom stereocenters. The molecule has 1 N–H and O–H groups in total. The van der Waals surface area contributed by atoms with E-state index in [1.54, 1.807) is 4.90 Å². The van der Waals surface area contributed by atoms with Crippen LogP contribution in [0.3, 0.4) is 0 Å². The number of carbonyl (C=O) groups excluding carboxylic acids is 2. The Hall–Kier alpha value is -1.92. The predicted molar refractivity (Wildman–Crippen MR) is 75.7 cm³/mol. The summed E-state index contributed by atoms with van der Waals surface area (Å²) in [6, 6.07) is 0. The fraction of sp³-hybridized carbons (Fsp3) is 0.714. The minimum absolute atomic E-state index is 0.00126. The Balaban J connectivity index is 1.58. The maximum Gasteiger partial charge on any atom is 0.293 e. The van der Waals surface area contributed by atoms with Crippen LogP contribution in [0, 0.1) is 5.92 Å². The largest absolute Gasteiger partial charge is 0.339 e. The van der Waals surface area contributed by atoms with E-state index in [-0.39, 0.29) is 23.6 Å². The summed E-state index contributed by atoms with van der Waals surface area (Å²) in [6.45, 7) is 6.06. The summed E-state index contributed by atoms with van der Waals surface area (Å²) in [6.07, 6.45) is 2.25. The number of aromatic amines is 1. The molecule has 114 valence electrons. The Bertz CT molecular complexity index is 541. The van der Waals surface area contributed by atoms with Gasteiger partial charge in [-0.3, -0.25) is 14.7 Å². The van der Waals surface area contributed by atoms with E-state index in [9.17, 15) is 9.59 Å². The number of hydrogen-bond donors (Lipinski definition) is 1. The normalized spacial score (nSPS) is 19.2. The second kappa shape index (κ2) is 5.46. The SMILES string of the molecule is CC(C)C(=O)N1CCN(C(=O)c2n[nH]c(C3CC3)n2)CC1. The summed E-state index contributed by atoms with van der Waals surface area (Å²) in [5.74, 6) is 1.54. The predicted octanol–water partition coefficient (Wildman–Crippen LogP) is 0.622. The van der Waals surface area contributed by atoms with Crippen LogP contribution in [0.15, 0.2) is 0 Å². The molecule has 2 amide bonds. The average Bonchev–Trinajstić information content (AvgIpc) is 3.23. The molecular weight excluding hydrogens is 270 g/mol. The highest BCUT2D eigenvalue weighted by atomic mass is 16.2. The first-order chi connectivity index (χ1) is 10.1. The molecule has 1 aromatic heterocycles. The Morgan fingerprint density at radius 2 is 1.76 bits per heavy atom. The van der Waals surface area contributed by atoms with Crippen molar-refractivity contribution in [2.75, 3.05) is 26.2 Å². The van der Waals surface area contributed by atoms with E-state index in [0.29, 0.717) is 32.1 Å². The van der Waals surface area contributed by atoms with Gasteiger partial charge in [-0.05, 0) is 12.8 Å². The molecule has 21 heavy (non-hydrogen) atoms. The zero-order valence-electron chi connectivity index (χ0n) is 12.5. The van der Waals surface area contributed by atoms with E-state index in [1.165, 1.54) is 0 Å². The van der Waals surface area contributed by atoms with Crippen LogP contribution in [0.4, 0.5) is 0 Å². The molecule has 0 spiro atoms. The summed E-state index contributed by atoms with van der Waals surface area (Å²) >= 11 is 0. The molecule has 2 heterocycles. The molecule has 1 aliphatic heterocycles. The molecular formula is C14H21N5O2. The summed E-state index contributed by atoms with van der Waals surface area (Å²) in [7, 11) is 0. The third-order valence-corrected chi connectivity index (χ3v) is 4.03. The number of amides is 2. The van der Waals surface area contributed by atoms with E-state index < -0.39 is 0 Å². The number of hydrogen-bond acceptors (Lipinski definition) is 4. The average molecular weight is 291 g/mol. The Morgan fingerprint density at radius 3 is 2.33 bits per heavy atom. The lowest BCUT2D eigenvalue weighted by Crippen LogP contribution is -2.51. The molecule has 0 radical (unpaired) electrons. The topological polar surface area (TPSA) is 82.2 Å². The van der Waals surface area contributed by atoms with Gasteiger partial charge in [0.2, 0.25) is 11.7 Å². The van der Waals surface area contributed by atoms with Crippen molar-refractivity contribution in [2.45, 2.75) is 32.6 Å². The van der Waals surface area contributed by atoms with Crippen LogP contribution in [0.25, 0.3) is 0 Å². The lowest BCUT2D eigenvalue weighted by molar-refractivity contribution is -0.135. The number of rotatable bonds is 3. The molecule has 7 heteroatoms. The zero-order chi connectivity index (χ0) is 15.0. The van der Waals surface area contributed by atoms with Gasteiger partial charge < -0.3 is 9.80 Å². The molecule has 0 aromatic carbocycles. The first-order valence-electron chi connectivity index (χ1n) is 7.56. The van der Waals surface area contributed by atoms with Gasteiger partial charge in [-0.1, -0.05) is 13.8 Å². The molecule has 2 aliphatic rings. The molecule has 2 fully saturated rings. The van der Waals surface area contributed by atoms with E-state index in [2.05, 4.69) is 15.2 Å². The summed E-state index contributed by atoms with van der Waals surface area (Å²) in [4.78, 5) is 32.1. The molecule has 1 saturated heterocycles. The van der Waals surface area contributed by atoms with Crippen LogP contribution in [0.1, 0.15) is 49.1 Å². The first kappa shape index (κ1) is 14.0. The third kappa shape index (κ3) is 2.91. The van der Waals surface area contributed by atoms with E-state index in [4.69, 9.17) is 0 Å². The van der Waals surface area contributed by atoms with Crippen molar-refractivity contribution in [1.29, 1.82) is 0 Å². The fourth-order valence-corrected chi connectivity index (χ4v) is 2.55. The van der Waals surface area contributed by atoms with Gasteiger partial charge in [0.1, 0.15) is 5.82 Å². The number of carbonyl (C=O) groups is 2.